The smallest absolute Gasteiger partial charge is 0.223 e. The Morgan fingerprint density at radius 1 is 1.00 bits per heavy atom. The number of hydrogen-bond acceptors (Lipinski definition) is 4. The van der Waals surface area contributed by atoms with E-state index in [1.54, 1.807) is 17.8 Å². The predicted molar refractivity (Wildman–Crippen MR) is 99.0 cm³/mol. The molecule has 5 heteroatoms. The van der Waals surface area contributed by atoms with Gasteiger partial charge in [0.15, 0.2) is 5.16 Å². The van der Waals surface area contributed by atoms with Gasteiger partial charge in [0.25, 0.3) is 0 Å². The van der Waals surface area contributed by atoms with Gasteiger partial charge in [0.1, 0.15) is 5.75 Å². The average molecular weight is 357 g/mol. The first-order valence-electron chi connectivity index (χ1n) is 7.56. The van der Waals surface area contributed by atoms with Crippen molar-refractivity contribution >= 4 is 23.4 Å². The van der Waals surface area contributed by atoms with Gasteiger partial charge in [-0.3, -0.25) is 0 Å². The molecule has 24 heavy (non-hydrogen) atoms. The van der Waals surface area contributed by atoms with Crippen molar-refractivity contribution in [2.75, 3.05) is 0 Å². The Balaban J connectivity index is 1.73. The third kappa shape index (κ3) is 4.73. The van der Waals surface area contributed by atoms with Gasteiger partial charge in [-0.05, 0) is 37.6 Å². The number of benzene rings is 2. The van der Waals surface area contributed by atoms with Crippen LogP contribution in [0.1, 0.15) is 16.8 Å². The second kappa shape index (κ2) is 7.69. The van der Waals surface area contributed by atoms with Crippen LogP contribution >= 0.6 is 23.4 Å². The number of hydrogen-bond donors (Lipinski definition) is 0. The normalized spacial score (nSPS) is 10.6. The van der Waals surface area contributed by atoms with Crippen LogP contribution in [0, 0.1) is 13.8 Å². The van der Waals surface area contributed by atoms with E-state index in [9.17, 15) is 0 Å². The van der Waals surface area contributed by atoms with Gasteiger partial charge >= 0.3 is 0 Å². The van der Waals surface area contributed by atoms with E-state index in [-0.39, 0.29) is 0 Å². The lowest BCUT2D eigenvalue weighted by Gasteiger charge is -2.08. The van der Waals surface area contributed by atoms with Crippen molar-refractivity contribution in [3.05, 3.63) is 76.4 Å². The van der Waals surface area contributed by atoms with Gasteiger partial charge in [-0.1, -0.05) is 59.3 Å². The van der Waals surface area contributed by atoms with E-state index in [1.165, 1.54) is 11.1 Å². The van der Waals surface area contributed by atoms with Crippen molar-refractivity contribution in [3.63, 3.8) is 0 Å². The Hall–Kier alpha value is -2.04. The predicted octanol–water partition coefficient (Wildman–Crippen LogP) is 5.83. The Morgan fingerprint density at radius 3 is 2.62 bits per heavy atom. The minimum Gasteiger partial charge on any atom is -0.439 e. The van der Waals surface area contributed by atoms with Crippen LogP contribution in [0.3, 0.4) is 0 Å². The van der Waals surface area contributed by atoms with Crippen LogP contribution in [0.2, 0.25) is 5.02 Å². The monoisotopic (exact) mass is 356 g/mol. The van der Waals surface area contributed by atoms with Crippen LogP contribution < -0.4 is 4.74 Å². The van der Waals surface area contributed by atoms with Crippen molar-refractivity contribution in [2.24, 2.45) is 0 Å². The number of aryl methyl sites for hydroxylation is 2. The van der Waals surface area contributed by atoms with E-state index in [2.05, 4.69) is 41.2 Å². The maximum absolute atomic E-state index is 5.99. The first kappa shape index (κ1) is 16.8. The summed E-state index contributed by atoms with van der Waals surface area (Å²) in [4.78, 5) is 8.96. The number of halogens is 1. The number of aromatic nitrogens is 2. The molecule has 0 spiro atoms. The topological polar surface area (TPSA) is 35.0 Å². The lowest BCUT2D eigenvalue weighted by molar-refractivity contribution is 0.454. The van der Waals surface area contributed by atoms with Crippen molar-refractivity contribution in [1.82, 2.24) is 9.97 Å². The van der Waals surface area contributed by atoms with Crippen LogP contribution in [0.4, 0.5) is 0 Å². The zero-order chi connectivity index (χ0) is 16.9. The fraction of sp³-hybridized carbons (Fsp3) is 0.158. The molecule has 0 N–H and O–H groups in total. The molecule has 0 aliphatic carbocycles. The Bertz CT molecular complexity index is 854. The molecule has 0 fully saturated rings. The van der Waals surface area contributed by atoms with Crippen molar-refractivity contribution in [1.29, 1.82) is 0 Å². The molecular formula is C19H17ClN2OS. The molecular weight excluding hydrogens is 340 g/mol. The van der Waals surface area contributed by atoms with Gasteiger partial charge in [-0.15, -0.1) is 0 Å². The second-order valence-electron chi connectivity index (χ2n) is 5.47. The molecule has 3 rings (SSSR count). The van der Waals surface area contributed by atoms with E-state index in [0.29, 0.717) is 21.8 Å². The largest absolute Gasteiger partial charge is 0.439 e. The SMILES string of the molecule is Cc1cccc(CSc2nc(C)cc(Oc3cccc(Cl)c3)n2)c1. The van der Waals surface area contributed by atoms with Crippen molar-refractivity contribution in [3.8, 4) is 11.6 Å². The summed E-state index contributed by atoms with van der Waals surface area (Å²) in [6.07, 6.45) is 0. The fourth-order valence-electron chi connectivity index (χ4n) is 2.23. The van der Waals surface area contributed by atoms with Crippen LogP contribution in [0.25, 0.3) is 0 Å². The maximum Gasteiger partial charge on any atom is 0.223 e. The molecule has 0 aliphatic heterocycles. The molecule has 0 aliphatic rings. The summed E-state index contributed by atoms with van der Waals surface area (Å²) in [6, 6.07) is 17.5. The number of rotatable bonds is 5. The summed E-state index contributed by atoms with van der Waals surface area (Å²) in [5.74, 6) is 2.01. The van der Waals surface area contributed by atoms with Gasteiger partial charge < -0.3 is 4.74 Å². The zero-order valence-electron chi connectivity index (χ0n) is 13.5. The van der Waals surface area contributed by atoms with Crippen LogP contribution in [-0.2, 0) is 5.75 Å². The van der Waals surface area contributed by atoms with Gasteiger partial charge in [0.05, 0.1) is 0 Å². The molecule has 1 heterocycles. The highest BCUT2D eigenvalue weighted by molar-refractivity contribution is 7.98. The Morgan fingerprint density at radius 2 is 1.83 bits per heavy atom. The minimum atomic E-state index is 0.525. The third-order valence-corrected chi connectivity index (χ3v) is 4.43. The van der Waals surface area contributed by atoms with E-state index in [0.717, 1.165) is 11.4 Å². The van der Waals surface area contributed by atoms with Crippen LogP contribution in [0.5, 0.6) is 11.6 Å². The van der Waals surface area contributed by atoms with E-state index in [4.69, 9.17) is 16.3 Å². The summed E-state index contributed by atoms with van der Waals surface area (Å²) in [5, 5.41) is 1.33. The van der Waals surface area contributed by atoms with Crippen LogP contribution in [0.15, 0.2) is 59.8 Å². The van der Waals surface area contributed by atoms with Crippen molar-refractivity contribution in [2.45, 2.75) is 24.8 Å². The molecule has 0 atom stereocenters. The third-order valence-electron chi connectivity index (χ3n) is 3.28. The minimum absolute atomic E-state index is 0.525. The summed E-state index contributed by atoms with van der Waals surface area (Å²) in [5.41, 5.74) is 3.37. The van der Waals surface area contributed by atoms with Crippen molar-refractivity contribution < 1.29 is 4.74 Å². The Kier molecular flexibility index (Phi) is 5.38. The molecule has 0 amide bonds. The standard InChI is InChI=1S/C19H17ClN2OS/c1-13-5-3-6-15(9-13)12-24-19-21-14(2)10-18(22-19)23-17-8-4-7-16(20)11-17/h3-11H,12H2,1-2H3. The highest BCUT2D eigenvalue weighted by Crippen LogP contribution is 2.26. The number of nitrogens with zero attached hydrogens (tertiary/aromatic N) is 2. The van der Waals surface area contributed by atoms with Gasteiger partial charge in [-0.25, -0.2) is 4.98 Å². The molecule has 3 aromatic rings. The van der Waals surface area contributed by atoms with E-state index < -0.39 is 0 Å². The summed E-state index contributed by atoms with van der Waals surface area (Å²) >= 11 is 7.58. The maximum atomic E-state index is 5.99. The first-order chi connectivity index (χ1) is 11.6. The average Bonchev–Trinajstić information content (AvgIpc) is 2.52. The fourth-order valence-corrected chi connectivity index (χ4v) is 3.25. The quantitative estimate of drug-likeness (QED) is 0.425. The summed E-state index contributed by atoms with van der Waals surface area (Å²) in [6.45, 7) is 4.03. The summed E-state index contributed by atoms with van der Waals surface area (Å²) in [7, 11) is 0. The Labute approximate surface area is 151 Å². The molecule has 0 radical (unpaired) electrons. The lowest BCUT2D eigenvalue weighted by atomic mass is 10.2. The molecule has 1 aromatic heterocycles. The van der Waals surface area contributed by atoms with Gasteiger partial charge in [0.2, 0.25) is 5.88 Å². The highest BCUT2D eigenvalue weighted by atomic mass is 35.5. The molecule has 0 unspecified atom stereocenters. The van der Waals surface area contributed by atoms with Gasteiger partial charge in [-0.2, -0.15) is 4.98 Å². The molecule has 3 nitrogen and oxygen atoms in total. The number of ether oxygens (including phenoxy) is 1. The molecule has 0 saturated carbocycles. The molecule has 2 aromatic carbocycles. The summed E-state index contributed by atoms with van der Waals surface area (Å²) < 4.78 is 5.80. The second-order valence-corrected chi connectivity index (χ2v) is 6.85. The molecule has 0 saturated heterocycles. The van der Waals surface area contributed by atoms with E-state index in [1.807, 2.05) is 31.2 Å². The molecule has 122 valence electrons. The molecule has 0 bridgehead atoms. The lowest BCUT2D eigenvalue weighted by Crippen LogP contribution is -1.95. The number of thioether (sulfide) groups is 1. The van der Waals surface area contributed by atoms with Crippen LogP contribution in [-0.4, -0.2) is 9.97 Å². The first-order valence-corrected chi connectivity index (χ1v) is 8.92. The van der Waals surface area contributed by atoms with Gasteiger partial charge in [0, 0.05) is 22.5 Å². The zero-order valence-corrected chi connectivity index (χ0v) is 15.1. The van der Waals surface area contributed by atoms with E-state index >= 15 is 0 Å². The highest BCUT2D eigenvalue weighted by Gasteiger charge is 2.06.